The number of para-hydroxylation sites is 2. The van der Waals surface area contributed by atoms with Crippen LogP contribution in [0.1, 0.15) is 0 Å². The van der Waals surface area contributed by atoms with Gasteiger partial charge in [0.2, 0.25) is 21.8 Å². The van der Waals surface area contributed by atoms with Crippen molar-refractivity contribution >= 4 is 39.1 Å². The molecule has 3 aromatic rings. The Kier molecular flexibility index (Phi) is 6.96. The summed E-state index contributed by atoms with van der Waals surface area (Å²) in [7, 11) is -3.22. The number of carbonyl (C=O) groups excluding carboxylic acids is 1. The average Bonchev–Trinajstić information content (AvgIpc) is 3.27. The van der Waals surface area contributed by atoms with Gasteiger partial charge in [-0.3, -0.25) is 4.79 Å². The molecule has 9 nitrogen and oxygen atoms in total. The summed E-state index contributed by atoms with van der Waals surface area (Å²) >= 11 is 1.08. The lowest BCUT2D eigenvalue weighted by Gasteiger charge is -2.35. The van der Waals surface area contributed by atoms with Crippen molar-refractivity contribution in [2.45, 2.75) is 5.22 Å². The Balaban J connectivity index is 1.35. The normalized spacial score (nSPS) is 14.9. The molecule has 33 heavy (non-hydrogen) atoms. The van der Waals surface area contributed by atoms with E-state index in [4.69, 9.17) is 4.42 Å². The highest BCUT2D eigenvalue weighted by atomic mass is 32.2. The topological polar surface area (TPSA) is 109 Å². The molecule has 0 radical (unpaired) electrons. The summed E-state index contributed by atoms with van der Waals surface area (Å²) in [6, 6.07) is 13.2. The largest absolute Gasteiger partial charge is 0.411 e. The maximum Gasteiger partial charge on any atom is 0.277 e. The number of rotatable bonds is 7. The van der Waals surface area contributed by atoms with Crippen LogP contribution in [0.3, 0.4) is 0 Å². The van der Waals surface area contributed by atoms with Crippen LogP contribution in [0.5, 0.6) is 0 Å². The van der Waals surface area contributed by atoms with E-state index in [2.05, 4.69) is 15.5 Å². The van der Waals surface area contributed by atoms with E-state index in [9.17, 15) is 17.6 Å². The first kappa shape index (κ1) is 23.2. The molecule has 1 aromatic heterocycles. The number of piperazine rings is 1. The average molecular weight is 492 g/mol. The fraction of sp³-hybridized carbons (Fsp3) is 0.286. The second-order valence-corrected chi connectivity index (χ2v) is 10.3. The van der Waals surface area contributed by atoms with Gasteiger partial charge in [0, 0.05) is 31.7 Å². The summed E-state index contributed by atoms with van der Waals surface area (Å²) in [6.45, 7) is 1.84. The van der Waals surface area contributed by atoms with E-state index in [-0.39, 0.29) is 22.8 Å². The Bertz CT molecular complexity index is 1240. The molecule has 1 saturated heterocycles. The molecule has 1 fully saturated rings. The van der Waals surface area contributed by atoms with Gasteiger partial charge >= 0.3 is 0 Å². The third-order valence-corrected chi connectivity index (χ3v) is 7.15. The number of halogens is 1. The fourth-order valence-electron chi connectivity index (χ4n) is 3.44. The van der Waals surface area contributed by atoms with Crippen molar-refractivity contribution in [3.05, 3.63) is 54.3 Å². The molecule has 2 aromatic carbocycles. The zero-order chi connectivity index (χ0) is 23.4. The van der Waals surface area contributed by atoms with Crippen LogP contribution in [0.4, 0.5) is 15.8 Å². The summed E-state index contributed by atoms with van der Waals surface area (Å²) < 4.78 is 43.8. The molecule has 1 amide bonds. The lowest BCUT2D eigenvalue weighted by Crippen LogP contribution is -2.48. The van der Waals surface area contributed by atoms with E-state index in [1.807, 2.05) is 23.1 Å². The predicted octanol–water partition coefficient (Wildman–Crippen LogP) is 2.69. The maximum atomic E-state index is 13.4. The van der Waals surface area contributed by atoms with E-state index in [0.717, 1.165) is 17.4 Å². The minimum Gasteiger partial charge on any atom is -0.411 e. The number of hydrogen-bond donors (Lipinski definition) is 1. The molecule has 0 bridgehead atoms. The predicted molar refractivity (Wildman–Crippen MR) is 124 cm³/mol. The second kappa shape index (κ2) is 9.89. The first-order chi connectivity index (χ1) is 15.8. The van der Waals surface area contributed by atoms with Gasteiger partial charge in [0.05, 0.1) is 23.4 Å². The standard InChI is InChI=1S/C21H22FN5O4S2/c1-33(29,30)27-11-9-26(10-12-27)18-8-3-2-7-17(18)23-19(28)14-32-21-25-24-20(31-21)15-5-4-6-16(22)13-15/h2-8,13H,9-12,14H2,1H3,(H,23,28). The molecule has 4 rings (SSSR count). The number of benzene rings is 2. The highest BCUT2D eigenvalue weighted by Gasteiger charge is 2.25. The second-order valence-electron chi connectivity index (χ2n) is 7.39. The quantitative estimate of drug-likeness (QED) is 0.503. The third kappa shape index (κ3) is 5.89. The van der Waals surface area contributed by atoms with E-state index in [1.54, 1.807) is 18.2 Å². The van der Waals surface area contributed by atoms with Crippen molar-refractivity contribution in [2.75, 3.05) is 48.4 Å². The third-order valence-electron chi connectivity index (χ3n) is 5.03. The number of nitrogens with zero attached hydrogens (tertiary/aromatic N) is 4. The van der Waals surface area contributed by atoms with E-state index in [0.29, 0.717) is 37.4 Å². The molecular weight excluding hydrogens is 469 g/mol. The Hall–Kier alpha value is -2.96. The van der Waals surface area contributed by atoms with Crippen molar-refractivity contribution in [1.29, 1.82) is 0 Å². The highest BCUT2D eigenvalue weighted by molar-refractivity contribution is 7.99. The molecule has 0 saturated carbocycles. The molecule has 1 aliphatic heterocycles. The first-order valence-electron chi connectivity index (χ1n) is 10.1. The molecule has 0 spiro atoms. The van der Waals surface area contributed by atoms with Crippen LogP contribution in [-0.4, -0.2) is 67.0 Å². The molecule has 0 aliphatic carbocycles. The summed E-state index contributed by atoms with van der Waals surface area (Å²) in [4.78, 5) is 14.6. The lowest BCUT2D eigenvalue weighted by atomic mass is 10.2. The number of amides is 1. The van der Waals surface area contributed by atoms with E-state index >= 15 is 0 Å². The summed E-state index contributed by atoms with van der Waals surface area (Å²) in [5.41, 5.74) is 1.93. The number of nitrogens with one attached hydrogen (secondary N) is 1. The maximum absolute atomic E-state index is 13.4. The van der Waals surface area contributed by atoms with Gasteiger partial charge in [0.1, 0.15) is 5.82 Å². The smallest absolute Gasteiger partial charge is 0.277 e. The number of anilines is 2. The molecule has 12 heteroatoms. The van der Waals surface area contributed by atoms with Gasteiger partial charge in [-0.2, -0.15) is 4.31 Å². The molecule has 0 atom stereocenters. The van der Waals surface area contributed by atoms with Crippen LogP contribution < -0.4 is 10.2 Å². The Morgan fingerprint density at radius 2 is 1.88 bits per heavy atom. The van der Waals surface area contributed by atoms with Gasteiger partial charge in [-0.15, -0.1) is 10.2 Å². The Labute approximate surface area is 195 Å². The van der Waals surface area contributed by atoms with Gasteiger partial charge < -0.3 is 14.6 Å². The monoisotopic (exact) mass is 491 g/mol. The van der Waals surface area contributed by atoms with Gasteiger partial charge in [-0.25, -0.2) is 12.8 Å². The molecule has 1 N–H and O–H groups in total. The highest BCUT2D eigenvalue weighted by Crippen LogP contribution is 2.28. The lowest BCUT2D eigenvalue weighted by molar-refractivity contribution is -0.113. The summed E-state index contributed by atoms with van der Waals surface area (Å²) in [6.07, 6.45) is 1.21. The van der Waals surface area contributed by atoms with Crippen LogP contribution in [0, 0.1) is 5.82 Å². The van der Waals surface area contributed by atoms with Crippen molar-refractivity contribution in [1.82, 2.24) is 14.5 Å². The van der Waals surface area contributed by atoms with Crippen LogP contribution in [-0.2, 0) is 14.8 Å². The van der Waals surface area contributed by atoms with Gasteiger partial charge in [-0.1, -0.05) is 30.0 Å². The fourth-order valence-corrected chi connectivity index (χ4v) is 4.83. The molecule has 0 unspecified atom stereocenters. The van der Waals surface area contributed by atoms with Crippen LogP contribution in [0.2, 0.25) is 0 Å². The number of hydrogen-bond acceptors (Lipinski definition) is 8. The zero-order valence-electron chi connectivity index (χ0n) is 17.8. The van der Waals surface area contributed by atoms with Gasteiger partial charge in [-0.05, 0) is 30.3 Å². The van der Waals surface area contributed by atoms with E-state index in [1.165, 1.54) is 22.7 Å². The van der Waals surface area contributed by atoms with Crippen molar-refractivity contribution in [3.8, 4) is 11.5 Å². The van der Waals surface area contributed by atoms with Gasteiger partial charge in [0.25, 0.3) is 5.22 Å². The van der Waals surface area contributed by atoms with Crippen molar-refractivity contribution in [3.63, 3.8) is 0 Å². The molecule has 1 aliphatic rings. The Morgan fingerprint density at radius 1 is 1.12 bits per heavy atom. The van der Waals surface area contributed by atoms with E-state index < -0.39 is 15.8 Å². The minimum absolute atomic E-state index is 0.0426. The number of aromatic nitrogens is 2. The number of thioether (sulfide) groups is 1. The first-order valence-corrected chi connectivity index (χ1v) is 12.9. The van der Waals surface area contributed by atoms with Gasteiger partial charge in [0.15, 0.2) is 0 Å². The number of sulfonamides is 1. The molecule has 174 valence electrons. The van der Waals surface area contributed by atoms with Crippen molar-refractivity contribution in [2.24, 2.45) is 0 Å². The Morgan fingerprint density at radius 3 is 2.61 bits per heavy atom. The number of carbonyl (C=O) groups is 1. The summed E-state index contributed by atoms with van der Waals surface area (Å²) in [5.74, 6) is -0.444. The van der Waals surface area contributed by atoms with Crippen LogP contribution in [0.25, 0.3) is 11.5 Å². The SMILES string of the molecule is CS(=O)(=O)N1CCN(c2ccccc2NC(=O)CSc2nnc(-c3cccc(F)c3)o2)CC1. The van der Waals surface area contributed by atoms with Crippen molar-refractivity contribution < 1.29 is 22.0 Å². The summed E-state index contributed by atoms with van der Waals surface area (Å²) in [5, 5.41) is 10.9. The van der Waals surface area contributed by atoms with Crippen LogP contribution >= 0.6 is 11.8 Å². The minimum atomic E-state index is -3.22. The zero-order valence-corrected chi connectivity index (χ0v) is 19.4. The molecule has 2 heterocycles. The molecular formula is C21H22FN5O4S2. The van der Waals surface area contributed by atoms with Crippen LogP contribution in [0.15, 0.2) is 58.2 Å².